The molecule has 1 aliphatic rings. The third kappa shape index (κ3) is 3.86. The molecule has 1 saturated heterocycles. The number of nitrogens with zero attached hydrogens (tertiary/aromatic N) is 2. The minimum absolute atomic E-state index is 0.00000983. The van der Waals surface area contributed by atoms with Crippen LogP contribution in [0, 0.1) is 0 Å². The van der Waals surface area contributed by atoms with Crippen molar-refractivity contribution in [1.82, 2.24) is 4.90 Å². The van der Waals surface area contributed by atoms with Gasteiger partial charge in [-0.15, -0.1) is 0 Å². The van der Waals surface area contributed by atoms with Crippen LogP contribution in [0.3, 0.4) is 0 Å². The quantitative estimate of drug-likeness (QED) is 0.924. The van der Waals surface area contributed by atoms with Gasteiger partial charge in [-0.3, -0.25) is 9.69 Å². The van der Waals surface area contributed by atoms with E-state index in [1.807, 2.05) is 0 Å². The van der Waals surface area contributed by atoms with E-state index in [1.54, 1.807) is 36.3 Å². The third-order valence-electron chi connectivity index (χ3n) is 3.39. The van der Waals surface area contributed by atoms with Crippen molar-refractivity contribution in [2.45, 2.75) is 12.5 Å². The van der Waals surface area contributed by atoms with Gasteiger partial charge >= 0.3 is 12.0 Å². The van der Waals surface area contributed by atoms with Crippen molar-refractivity contribution in [2.24, 2.45) is 0 Å². The molecule has 1 aromatic rings. The van der Waals surface area contributed by atoms with E-state index in [2.05, 4.69) is 0 Å². The Morgan fingerprint density at radius 1 is 1.52 bits per heavy atom. The molecule has 1 fully saturated rings. The molecule has 1 aromatic carbocycles. The molecule has 1 atom stereocenters. The topological polar surface area (TPSA) is 70.1 Å². The molecule has 0 radical (unpaired) electrons. The highest BCUT2D eigenvalue weighted by atomic mass is 35.5. The standard InChI is InChI=1S/C14H17ClN2O4/c1-21-12-5-6-16(8-12)14(20)17(9-13(18)19)11-4-2-3-10(15)7-11/h2-4,7,12H,5-6,8-9H2,1H3,(H,18,19). The average Bonchev–Trinajstić information content (AvgIpc) is 2.92. The van der Waals surface area contributed by atoms with Crippen molar-refractivity contribution in [1.29, 1.82) is 0 Å². The molecular weight excluding hydrogens is 296 g/mol. The first-order valence-corrected chi connectivity index (χ1v) is 6.95. The first kappa shape index (κ1) is 15.6. The first-order chi connectivity index (χ1) is 10.0. The number of rotatable bonds is 4. The molecule has 0 aromatic heterocycles. The molecule has 2 amide bonds. The van der Waals surface area contributed by atoms with Gasteiger partial charge in [-0.05, 0) is 24.6 Å². The number of carboxylic acid groups (broad SMARTS) is 1. The van der Waals surface area contributed by atoms with E-state index in [1.165, 1.54) is 4.90 Å². The maximum atomic E-state index is 12.5. The lowest BCUT2D eigenvalue weighted by molar-refractivity contribution is -0.135. The SMILES string of the molecule is COC1CCN(C(=O)N(CC(=O)O)c2cccc(Cl)c2)C1. The zero-order valence-corrected chi connectivity index (χ0v) is 12.4. The van der Waals surface area contributed by atoms with Gasteiger partial charge in [0.1, 0.15) is 6.54 Å². The van der Waals surface area contributed by atoms with Crippen LogP contribution in [0.4, 0.5) is 10.5 Å². The fourth-order valence-corrected chi connectivity index (χ4v) is 2.50. The highest BCUT2D eigenvalue weighted by molar-refractivity contribution is 6.30. The van der Waals surface area contributed by atoms with Gasteiger partial charge in [0.05, 0.1) is 6.10 Å². The van der Waals surface area contributed by atoms with Crippen LogP contribution >= 0.6 is 11.6 Å². The van der Waals surface area contributed by atoms with Gasteiger partial charge in [-0.2, -0.15) is 0 Å². The molecule has 1 unspecified atom stereocenters. The van der Waals surface area contributed by atoms with Crippen molar-refractivity contribution >= 4 is 29.3 Å². The van der Waals surface area contributed by atoms with Gasteiger partial charge < -0.3 is 14.7 Å². The van der Waals surface area contributed by atoms with Gasteiger partial charge in [0.25, 0.3) is 0 Å². The summed E-state index contributed by atoms with van der Waals surface area (Å²) in [5.74, 6) is -1.08. The Bertz CT molecular complexity index is 537. The number of carbonyl (C=O) groups excluding carboxylic acids is 1. The molecule has 0 aliphatic carbocycles. The van der Waals surface area contributed by atoms with Crippen LogP contribution in [0.1, 0.15) is 6.42 Å². The lowest BCUT2D eigenvalue weighted by Crippen LogP contribution is -2.45. The van der Waals surface area contributed by atoms with Crippen LogP contribution in [-0.2, 0) is 9.53 Å². The van der Waals surface area contributed by atoms with Crippen LogP contribution in [0.15, 0.2) is 24.3 Å². The Balaban J connectivity index is 2.20. The van der Waals surface area contributed by atoms with Crippen LogP contribution < -0.4 is 4.90 Å². The maximum absolute atomic E-state index is 12.5. The summed E-state index contributed by atoms with van der Waals surface area (Å²) in [5.41, 5.74) is 0.468. The average molecular weight is 313 g/mol. The molecule has 1 aliphatic heterocycles. The number of hydrogen-bond donors (Lipinski definition) is 1. The summed E-state index contributed by atoms with van der Waals surface area (Å²) >= 11 is 5.92. The molecule has 2 rings (SSSR count). The Morgan fingerprint density at radius 2 is 2.29 bits per heavy atom. The molecule has 0 spiro atoms. The Kier molecular flexibility index (Phi) is 5.03. The molecule has 114 valence electrons. The number of carbonyl (C=O) groups is 2. The van der Waals surface area contributed by atoms with Gasteiger partial charge in [-0.1, -0.05) is 17.7 Å². The number of likely N-dealkylation sites (tertiary alicyclic amines) is 1. The summed E-state index contributed by atoms with van der Waals surface area (Å²) in [6, 6.07) is 6.25. The number of aliphatic carboxylic acids is 1. The highest BCUT2D eigenvalue weighted by Gasteiger charge is 2.30. The summed E-state index contributed by atoms with van der Waals surface area (Å²) in [4.78, 5) is 26.4. The van der Waals surface area contributed by atoms with Crippen LogP contribution in [0.2, 0.25) is 5.02 Å². The second-order valence-electron chi connectivity index (χ2n) is 4.83. The number of amides is 2. The van der Waals surface area contributed by atoms with Crippen molar-refractivity contribution in [3.8, 4) is 0 Å². The highest BCUT2D eigenvalue weighted by Crippen LogP contribution is 2.22. The smallest absolute Gasteiger partial charge is 0.325 e. The van der Waals surface area contributed by atoms with Crippen LogP contribution in [0.25, 0.3) is 0 Å². The molecule has 7 heteroatoms. The van der Waals surface area contributed by atoms with Gasteiger partial charge in [-0.25, -0.2) is 4.79 Å². The minimum atomic E-state index is -1.08. The number of methoxy groups -OCH3 is 1. The first-order valence-electron chi connectivity index (χ1n) is 6.58. The number of ether oxygens (including phenoxy) is 1. The van der Waals surface area contributed by atoms with Crippen LogP contribution in [0.5, 0.6) is 0 Å². The normalized spacial score (nSPS) is 17.8. The fourth-order valence-electron chi connectivity index (χ4n) is 2.31. The molecule has 21 heavy (non-hydrogen) atoms. The summed E-state index contributed by atoms with van der Waals surface area (Å²) < 4.78 is 5.23. The van der Waals surface area contributed by atoms with Crippen LogP contribution in [-0.4, -0.2) is 54.9 Å². The number of halogens is 1. The van der Waals surface area contributed by atoms with E-state index < -0.39 is 12.5 Å². The maximum Gasteiger partial charge on any atom is 0.325 e. The lowest BCUT2D eigenvalue weighted by Gasteiger charge is -2.27. The Hall–Kier alpha value is -1.79. The van der Waals surface area contributed by atoms with Gasteiger partial charge in [0.2, 0.25) is 0 Å². The van der Waals surface area contributed by atoms with Gasteiger partial charge in [0.15, 0.2) is 0 Å². The minimum Gasteiger partial charge on any atom is -0.480 e. The third-order valence-corrected chi connectivity index (χ3v) is 3.63. The number of hydrogen-bond acceptors (Lipinski definition) is 3. The molecule has 0 saturated carbocycles. The van der Waals surface area contributed by atoms with Crippen molar-refractivity contribution in [3.63, 3.8) is 0 Å². The number of carboxylic acids is 1. The van der Waals surface area contributed by atoms with Crippen molar-refractivity contribution in [3.05, 3.63) is 29.3 Å². The largest absolute Gasteiger partial charge is 0.480 e. The van der Waals surface area contributed by atoms with E-state index in [0.717, 1.165) is 6.42 Å². The summed E-state index contributed by atoms with van der Waals surface area (Å²) in [6.07, 6.45) is 0.749. The zero-order chi connectivity index (χ0) is 15.4. The van der Waals surface area contributed by atoms with E-state index in [-0.39, 0.29) is 12.1 Å². The second kappa shape index (κ2) is 6.78. The fraction of sp³-hybridized carbons (Fsp3) is 0.429. The van der Waals surface area contributed by atoms with E-state index in [4.69, 9.17) is 21.4 Å². The molecule has 1 heterocycles. The van der Waals surface area contributed by atoms with Gasteiger partial charge in [0, 0.05) is 30.9 Å². The van der Waals surface area contributed by atoms with Crippen molar-refractivity contribution < 1.29 is 19.4 Å². The lowest BCUT2D eigenvalue weighted by atomic mass is 10.3. The predicted octanol–water partition coefficient (Wildman–Crippen LogP) is 2.07. The second-order valence-corrected chi connectivity index (χ2v) is 5.27. The predicted molar refractivity (Wildman–Crippen MR) is 78.8 cm³/mol. The number of anilines is 1. The number of benzene rings is 1. The molecular formula is C14H17ClN2O4. The van der Waals surface area contributed by atoms with E-state index >= 15 is 0 Å². The molecule has 0 bridgehead atoms. The Labute approximate surface area is 127 Å². The number of urea groups is 1. The van der Waals surface area contributed by atoms with E-state index in [9.17, 15) is 9.59 Å². The van der Waals surface area contributed by atoms with Crippen molar-refractivity contribution in [2.75, 3.05) is 31.6 Å². The summed E-state index contributed by atoms with van der Waals surface area (Å²) in [7, 11) is 1.60. The zero-order valence-electron chi connectivity index (χ0n) is 11.7. The van der Waals surface area contributed by atoms with E-state index in [0.29, 0.717) is 23.8 Å². The summed E-state index contributed by atoms with van der Waals surface area (Å²) in [5, 5.41) is 9.49. The summed E-state index contributed by atoms with van der Waals surface area (Å²) in [6.45, 7) is 0.605. The Morgan fingerprint density at radius 3 is 2.86 bits per heavy atom. The molecule has 1 N–H and O–H groups in total. The monoisotopic (exact) mass is 312 g/mol. The molecule has 6 nitrogen and oxygen atoms in total.